The number of benzene rings is 3. The third kappa shape index (κ3) is 8.66. The molecule has 2 fully saturated rings. The maximum absolute atomic E-state index is 13.6. The molecular weight excluding hydrogens is 675 g/mol. The van der Waals surface area contributed by atoms with Gasteiger partial charge in [0, 0.05) is 12.2 Å². The van der Waals surface area contributed by atoms with Gasteiger partial charge in [-0.15, -0.1) is 0 Å². The van der Waals surface area contributed by atoms with Gasteiger partial charge in [-0.1, -0.05) is 36.4 Å². The largest absolute Gasteiger partial charge is 0.467 e. The second-order valence-corrected chi connectivity index (χ2v) is 14.3. The molecule has 2 aliphatic heterocycles. The number of nitrogens with zero attached hydrogens (tertiary/aromatic N) is 1. The van der Waals surface area contributed by atoms with Crippen molar-refractivity contribution in [3.63, 3.8) is 0 Å². The Labute approximate surface area is 289 Å². The number of nitrogens with one attached hydrogen (secondary N) is 1. The molecule has 8 atom stereocenters. The van der Waals surface area contributed by atoms with Crippen molar-refractivity contribution in [1.29, 1.82) is 0 Å². The van der Waals surface area contributed by atoms with Crippen LogP contribution in [0.25, 0.3) is 0 Å². The molecule has 2 heterocycles. The van der Waals surface area contributed by atoms with Gasteiger partial charge in [-0.3, -0.25) is 4.79 Å². The summed E-state index contributed by atoms with van der Waals surface area (Å²) in [5.41, 5.74) is 2.89. The zero-order valence-corrected chi connectivity index (χ0v) is 28.3. The van der Waals surface area contributed by atoms with Crippen LogP contribution in [-0.4, -0.2) is 91.3 Å². The summed E-state index contributed by atoms with van der Waals surface area (Å²) < 4.78 is 54.3. The van der Waals surface area contributed by atoms with Crippen LogP contribution in [0.5, 0.6) is 5.75 Å². The molecule has 2 aliphatic rings. The molecule has 50 heavy (non-hydrogen) atoms. The van der Waals surface area contributed by atoms with E-state index in [2.05, 4.69) is 9.46 Å². The molecule has 2 saturated heterocycles. The SMILES string of the molecule is COC(=O)[C@H]1O[C@@H](Oc2ccc([C@@H]3C(CC[C@H](O)c4ccc(F)cc4)C(=O)N3c3ccc(CCCNS(C)(=O)=O)cc3)cc2)[C@H](O)[C@@H](O)[C@@H]1O. The van der Waals surface area contributed by atoms with E-state index < -0.39 is 70.6 Å². The van der Waals surface area contributed by atoms with Crippen molar-refractivity contribution in [1.82, 2.24) is 4.72 Å². The maximum Gasteiger partial charge on any atom is 0.337 e. The number of anilines is 1. The Balaban J connectivity index is 1.32. The van der Waals surface area contributed by atoms with Crippen LogP contribution in [0.1, 0.15) is 48.1 Å². The van der Waals surface area contributed by atoms with Crippen LogP contribution in [0.3, 0.4) is 0 Å². The third-order valence-electron chi connectivity index (χ3n) is 8.92. The fourth-order valence-electron chi connectivity index (χ4n) is 6.20. The first kappa shape index (κ1) is 37.3. The van der Waals surface area contributed by atoms with E-state index in [1.165, 1.54) is 24.3 Å². The molecule has 270 valence electrons. The summed E-state index contributed by atoms with van der Waals surface area (Å²) in [7, 11) is -2.18. The maximum atomic E-state index is 13.6. The van der Waals surface area contributed by atoms with Crippen molar-refractivity contribution >= 4 is 27.6 Å². The first-order valence-electron chi connectivity index (χ1n) is 16.1. The van der Waals surface area contributed by atoms with Gasteiger partial charge in [-0.05, 0) is 78.8 Å². The van der Waals surface area contributed by atoms with Gasteiger partial charge in [0.1, 0.15) is 29.9 Å². The number of halogens is 1. The van der Waals surface area contributed by atoms with Crippen molar-refractivity contribution in [2.45, 2.75) is 68.5 Å². The Morgan fingerprint density at radius 1 is 0.980 bits per heavy atom. The van der Waals surface area contributed by atoms with Gasteiger partial charge in [0.15, 0.2) is 6.10 Å². The molecule has 0 spiro atoms. The summed E-state index contributed by atoms with van der Waals surface area (Å²) in [6, 6.07) is 19.1. The van der Waals surface area contributed by atoms with Crippen LogP contribution in [-0.2, 0) is 35.5 Å². The van der Waals surface area contributed by atoms with Gasteiger partial charge < -0.3 is 39.5 Å². The third-order valence-corrected chi connectivity index (χ3v) is 9.65. The van der Waals surface area contributed by atoms with E-state index in [9.17, 15) is 42.8 Å². The molecule has 1 amide bonds. The summed E-state index contributed by atoms with van der Waals surface area (Å²) in [5, 5.41) is 41.7. The predicted octanol–water partition coefficient (Wildman–Crippen LogP) is 1.88. The Hall–Kier alpha value is -3.96. The number of esters is 1. The highest BCUT2D eigenvalue weighted by Gasteiger charge is 2.50. The number of aliphatic hydroxyl groups excluding tert-OH is 4. The zero-order valence-electron chi connectivity index (χ0n) is 27.5. The van der Waals surface area contributed by atoms with E-state index in [-0.39, 0.29) is 18.1 Å². The number of amides is 1. The molecule has 13 nitrogen and oxygen atoms in total. The Bertz CT molecular complexity index is 1720. The summed E-state index contributed by atoms with van der Waals surface area (Å²) in [6.07, 6.45) is -6.24. The highest BCUT2D eigenvalue weighted by molar-refractivity contribution is 7.88. The number of hydrogen-bond donors (Lipinski definition) is 5. The van der Waals surface area contributed by atoms with Crippen molar-refractivity contribution in [2.75, 3.05) is 24.8 Å². The summed E-state index contributed by atoms with van der Waals surface area (Å²) in [4.78, 5) is 27.4. The zero-order chi connectivity index (χ0) is 36.2. The average Bonchev–Trinajstić information content (AvgIpc) is 3.09. The molecule has 15 heteroatoms. The lowest BCUT2D eigenvalue weighted by Crippen LogP contribution is -2.61. The number of carbonyl (C=O) groups excluding carboxylic acids is 2. The molecule has 5 N–H and O–H groups in total. The fourth-order valence-corrected chi connectivity index (χ4v) is 6.71. The number of aryl methyl sites for hydroxylation is 1. The minimum Gasteiger partial charge on any atom is -0.467 e. The molecule has 0 aliphatic carbocycles. The molecule has 0 radical (unpaired) electrons. The lowest BCUT2D eigenvalue weighted by Gasteiger charge is -2.48. The van der Waals surface area contributed by atoms with E-state index >= 15 is 0 Å². The molecule has 0 saturated carbocycles. The average molecular weight is 717 g/mol. The Morgan fingerprint density at radius 2 is 1.64 bits per heavy atom. The second-order valence-electron chi connectivity index (χ2n) is 12.4. The van der Waals surface area contributed by atoms with Crippen molar-refractivity contribution < 1.29 is 57.0 Å². The Kier molecular flexibility index (Phi) is 11.9. The topological polar surface area (TPSA) is 192 Å². The number of carbonyl (C=O) groups is 2. The quantitative estimate of drug-likeness (QED) is 0.0930. The predicted molar refractivity (Wildman–Crippen MR) is 178 cm³/mol. The molecular formula is C35H41FN2O11S. The van der Waals surface area contributed by atoms with Gasteiger partial charge in [-0.25, -0.2) is 22.3 Å². The second kappa shape index (κ2) is 15.9. The highest BCUT2D eigenvalue weighted by atomic mass is 32.2. The number of sulfonamides is 1. The fraction of sp³-hybridized carbons (Fsp3) is 0.429. The van der Waals surface area contributed by atoms with Gasteiger partial charge in [0.25, 0.3) is 0 Å². The number of aliphatic hydroxyl groups is 4. The lowest BCUT2D eigenvalue weighted by molar-refractivity contribution is -0.271. The molecule has 3 aromatic rings. The van der Waals surface area contributed by atoms with Gasteiger partial charge in [-0.2, -0.15) is 0 Å². The van der Waals surface area contributed by atoms with E-state index in [4.69, 9.17) is 9.47 Å². The van der Waals surface area contributed by atoms with Crippen molar-refractivity contribution in [2.24, 2.45) is 5.92 Å². The minimum absolute atomic E-state index is 0.146. The normalized spacial score (nSPS) is 25.9. The number of ether oxygens (including phenoxy) is 3. The summed E-state index contributed by atoms with van der Waals surface area (Å²) in [5.74, 6) is -1.81. The first-order chi connectivity index (χ1) is 23.8. The van der Waals surface area contributed by atoms with Crippen LogP contribution in [0.15, 0.2) is 72.8 Å². The summed E-state index contributed by atoms with van der Waals surface area (Å²) in [6.45, 7) is 0.304. The van der Waals surface area contributed by atoms with E-state index in [0.29, 0.717) is 37.1 Å². The van der Waals surface area contributed by atoms with Crippen LogP contribution >= 0.6 is 0 Å². The van der Waals surface area contributed by atoms with Gasteiger partial charge in [0.2, 0.25) is 22.2 Å². The van der Waals surface area contributed by atoms with Crippen LogP contribution < -0.4 is 14.4 Å². The van der Waals surface area contributed by atoms with E-state index in [0.717, 1.165) is 24.5 Å². The molecule has 0 bridgehead atoms. The first-order valence-corrected chi connectivity index (χ1v) is 18.0. The van der Waals surface area contributed by atoms with E-state index in [1.54, 1.807) is 29.2 Å². The smallest absolute Gasteiger partial charge is 0.337 e. The van der Waals surface area contributed by atoms with Crippen molar-refractivity contribution in [3.8, 4) is 5.75 Å². The van der Waals surface area contributed by atoms with Crippen LogP contribution in [0.2, 0.25) is 0 Å². The monoisotopic (exact) mass is 716 g/mol. The number of hydrogen-bond acceptors (Lipinski definition) is 11. The summed E-state index contributed by atoms with van der Waals surface area (Å²) >= 11 is 0. The highest BCUT2D eigenvalue weighted by Crippen LogP contribution is 2.46. The number of methoxy groups -OCH3 is 1. The Morgan fingerprint density at radius 3 is 2.26 bits per heavy atom. The van der Waals surface area contributed by atoms with E-state index in [1.807, 2.05) is 24.3 Å². The minimum atomic E-state index is -3.27. The van der Waals surface area contributed by atoms with Crippen LogP contribution in [0.4, 0.5) is 10.1 Å². The van der Waals surface area contributed by atoms with Gasteiger partial charge in [0.05, 0.1) is 31.4 Å². The van der Waals surface area contributed by atoms with Crippen molar-refractivity contribution in [3.05, 3.63) is 95.3 Å². The van der Waals surface area contributed by atoms with Crippen LogP contribution in [0, 0.1) is 11.7 Å². The number of rotatable bonds is 14. The number of β-lactam (4-membered cyclic amide) rings is 1. The molecule has 1 unspecified atom stereocenters. The standard InChI is InChI=1S/C35H41FN2O11S/c1-47-34(44)32-30(41)29(40)31(42)35(49-32)48-25-15-9-22(10-16-25)28-26(17-18-27(39)21-7-11-23(36)12-8-21)33(43)38(28)24-13-5-20(6-14-24)4-3-19-37-50(2,45)46/h5-16,26-32,35,37,39-42H,3-4,17-19H2,1-2H3/t26?,27-,28+,29-,30-,31+,32-,35+/m0/s1. The lowest BCUT2D eigenvalue weighted by atomic mass is 9.78. The molecule has 0 aromatic heterocycles. The van der Waals surface area contributed by atoms with Gasteiger partial charge >= 0.3 is 5.97 Å². The molecule has 3 aromatic carbocycles. The molecule has 5 rings (SSSR count).